The summed E-state index contributed by atoms with van der Waals surface area (Å²) in [4.78, 5) is 35.3. The molecule has 2 amide bonds. The molecular formula is C17H24N2O5. The van der Waals surface area contributed by atoms with E-state index in [0.717, 1.165) is 0 Å². The molecule has 24 heavy (non-hydrogen) atoms. The van der Waals surface area contributed by atoms with Crippen LogP contribution in [0.25, 0.3) is 0 Å². The Morgan fingerprint density at radius 1 is 1.21 bits per heavy atom. The molecule has 7 heteroatoms. The van der Waals surface area contributed by atoms with Crippen molar-refractivity contribution in [3.8, 4) is 5.75 Å². The van der Waals surface area contributed by atoms with E-state index in [-0.39, 0.29) is 12.5 Å². The van der Waals surface area contributed by atoms with E-state index in [0.29, 0.717) is 24.3 Å². The van der Waals surface area contributed by atoms with Gasteiger partial charge >= 0.3 is 5.97 Å². The molecule has 0 aliphatic carbocycles. The number of rotatable bonds is 9. The maximum absolute atomic E-state index is 12.2. The van der Waals surface area contributed by atoms with Gasteiger partial charge in [-0.25, -0.2) is 4.79 Å². The first-order chi connectivity index (χ1) is 11.4. The highest BCUT2D eigenvalue weighted by molar-refractivity contribution is 5.99. The van der Waals surface area contributed by atoms with Crippen LogP contribution in [0, 0.1) is 5.92 Å². The number of para-hydroxylation sites is 1. The average molecular weight is 336 g/mol. The van der Waals surface area contributed by atoms with Gasteiger partial charge in [-0.1, -0.05) is 32.4 Å². The van der Waals surface area contributed by atoms with E-state index in [9.17, 15) is 14.4 Å². The molecule has 0 radical (unpaired) electrons. The third kappa shape index (κ3) is 5.57. The van der Waals surface area contributed by atoms with Crippen molar-refractivity contribution < 1.29 is 24.2 Å². The number of nitrogens with one attached hydrogen (secondary N) is 2. The Morgan fingerprint density at radius 2 is 1.88 bits per heavy atom. The first-order valence-electron chi connectivity index (χ1n) is 7.92. The van der Waals surface area contributed by atoms with Crippen LogP contribution in [0.15, 0.2) is 24.3 Å². The smallest absolute Gasteiger partial charge is 0.326 e. The normalized spacial score (nSPS) is 12.8. The summed E-state index contributed by atoms with van der Waals surface area (Å²) < 4.78 is 5.37. The highest BCUT2D eigenvalue weighted by Gasteiger charge is 2.25. The fourth-order valence-corrected chi connectivity index (χ4v) is 2.10. The number of carbonyl (C=O) groups excluding carboxylic acids is 2. The quantitative estimate of drug-likeness (QED) is 0.633. The van der Waals surface area contributed by atoms with E-state index in [1.54, 1.807) is 31.2 Å². The lowest BCUT2D eigenvalue weighted by Crippen LogP contribution is -2.48. The molecule has 0 aliphatic rings. The van der Waals surface area contributed by atoms with Gasteiger partial charge in [0.05, 0.1) is 18.7 Å². The molecule has 0 saturated carbocycles. The first kappa shape index (κ1) is 19.5. The van der Waals surface area contributed by atoms with Crippen molar-refractivity contribution >= 4 is 17.8 Å². The number of benzene rings is 1. The Kier molecular flexibility index (Phi) is 7.74. The topological polar surface area (TPSA) is 105 Å². The first-order valence-corrected chi connectivity index (χ1v) is 7.92. The minimum absolute atomic E-state index is 0.208. The summed E-state index contributed by atoms with van der Waals surface area (Å²) >= 11 is 0. The van der Waals surface area contributed by atoms with Gasteiger partial charge in [-0.3, -0.25) is 9.59 Å². The Morgan fingerprint density at radius 3 is 2.46 bits per heavy atom. The summed E-state index contributed by atoms with van der Waals surface area (Å²) in [6.07, 6.45) is 0.616. The van der Waals surface area contributed by atoms with E-state index in [1.807, 2.05) is 13.8 Å². The molecule has 0 aromatic heterocycles. The molecule has 0 fully saturated rings. The largest absolute Gasteiger partial charge is 0.493 e. The lowest BCUT2D eigenvalue weighted by molar-refractivity contribution is -0.143. The molecule has 1 aromatic rings. The highest BCUT2D eigenvalue weighted by Crippen LogP contribution is 2.17. The fraction of sp³-hybridized carbons (Fsp3) is 0.471. The molecule has 0 spiro atoms. The van der Waals surface area contributed by atoms with Crippen LogP contribution < -0.4 is 15.4 Å². The molecule has 1 aromatic carbocycles. The third-order valence-electron chi connectivity index (χ3n) is 3.64. The average Bonchev–Trinajstić information content (AvgIpc) is 2.57. The van der Waals surface area contributed by atoms with Crippen LogP contribution in [-0.2, 0) is 9.59 Å². The fourth-order valence-electron chi connectivity index (χ4n) is 2.10. The molecule has 132 valence electrons. The lowest BCUT2D eigenvalue weighted by atomic mass is 9.99. The maximum atomic E-state index is 12.2. The molecule has 3 N–H and O–H groups in total. The van der Waals surface area contributed by atoms with Crippen LogP contribution in [-0.4, -0.2) is 42.1 Å². The summed E-state index contributed by atoms with van der Waals surface area (Å²) in [5.74, 6) is -1.87. The van der Waals surface area contributed by atoms with Crippen LogP contribution in [0.3, 0.4) is 0 Å². The van der Waals surface area contributed by atoms with Crippen molar-refractivity contribution in [2.24, 2.45) is 5.92 Å². The van der Waals surface area contributed by atoms with Crippen LogP contribution >= 0.6 is 0 Å². The van der Waals surface area contributed by atoms with Gasteiger partial charge in [0.15, 0.2) is 0 Å². The molecular weight excluding hydrogens is 312 g/mol. The van der Waals surface area contributed by atoms with E-state index in [2.05, 4.69) is 10.6 Å². The van der Waals surface area contributed by atoms with Gasteiger partial charge in [0.25, 0.3) is 5.91 Å². The van der Waals surface area contributed by atoms with Gasteiger partial charge in [0.1, 0.15) is 11.8 Å². The Hall–Kier alpha value is -2.57. The summed E-state index contributed by atoms with van der Waals surface area (Å²) in [6, 6.07) is 5.73. The van der Waals surface area contributed by atoms with Crippen LogP contribution in [0.1, 0.15) is 37.6 Å². The number of ether oxygens (including phenoxy) is 1. The lowest BCUT2D eigenvalue weighted by Gasteiger charge is -2.20. The number of hydrogen-bond donors (Lipinski definition) is 3. The van der Waals surface area contributed by atoms with Crippen molar-refractivity contribution in [3.05, 3.63) is 29.8 Å². The van der Waals surface area contributed by atoms with E-state index in [4.69, 9.17) is 9.84 Å². The van der Waals surface area contributed by atoms with Crippen LogP contribution in [0.5, 0.6) is 5.75 Å². The van der Waals surface area contributed by atoms with Gasteiger partial charge in [-0.05, 0) is 25.0 Å². The number of carboxylic acid groups (broad SMARTS) is 1. The minimum atomic E-state index is -1.09. The van der Waals surface area contributed by atoms with Crippen molar-refractivity contribution in [1.29, 1.82) is 0 Å². The number of carboxylic acids is 1. The second-order valence-electron chi connectivity index (χ2n) is 5.38. The zero-order chi connectivity index (χ0) is 18.1. The molecule has 2 atom stereocenters. The Bertz CT molecular complexity index is 588. The maximum Gasteiger partial charge on any atom is 0.326 e. The standard InChI is InChI=1S/C17H24N2O5/c1-4-11(3)15(17(22)23)19-14(20)10-18-16(21)12-8-6-7-9-13(12)24-5-2/h6-9,11,15H,4-5,10H2,1-3H3,(H,18,21)(H,19,20)(H,22,23)/t11-,15-/m0/s1. The number of aliphatic carboxylic acids is 1. The summed E-state index contributed by atoms with van der Waals surface area (Å²) in [7, 11) is 0. The minimum Gasteiger partial charge on any atom is -0.493 e. The van der Waals surface area contributed by atoms with Crippen LogP contribution in [0.2, 0.25) is 0 Å². The zero-order valence-corrected chi connectivity index (χ0v) is 14.2. The van der Waals surface area contributed by atoms with Gasteiger partial charge in [0.2, 0.25) is 5.91 Å². The van der Waals surface area contributed by atoms with E-state index >= 15 is 0 Å². The predicted octanol–water partition coefficient (Wildman–Crippen LogP) is 1.43. The van der Waals surface area contributed by atoms with Gasteiger partial charge in [0, 0.05) is 0 Å². The zero-order valence-electron chi connectivity index (χ0n) is 14.2. The van der Waals surface area contributed by atoms with Crippen molar-refractivity contribution in [2.45, 2.75) is 33.2 Å². The SMILES string of the molecule is CCOc1ccccc1C(=O)NCC(=O)N[C@H](C(=O)O)[C@@H](C)CC. The number of amides is 2. The van der Waals surface area contributed by atoms with Gasteiger partial charge in [-0.15, -0.1) is 0 Å². The monoisotopic (exact) mass is 336 g/mol. The molecule has 7 nitrogen and oxygen atoms in total. The number of carbonyl (C=O) groups is 3. The van der Waals surface area contributed by atoms with Gasteiger partial charge in [-0.2, -0.15) is 0 Å². The van der Waals surface area contributed by atoms with E-state index < -0.39 is 23.8 Å². The molecule has 1 rings (SSSR count). The van der Waals surface area contributed by atoms with Crippen molar-refractivity contribution in [2.75, 3.05) is 13.2 Å². The summed E-state index contributed by atoms with van der Waals surface area (Å²) in [5, 5.41) is 14.1. The summed E-state index contributed by atoms with van der Waals surface area (Å²) in [6.45, 7) is 5.51. The molecule has 0 saturated heterocycles. The van der Waals surface area contributed by atoms with E-state index in [1.165, 1.54) is 0 Å². The van der Waals surface area contributed by atoms with Crippen molar-refractivity contribution in [1.82, 2.24) is 10.6 Å². The molecule has 0 aliphatic heterocycles. The highest BCUT2D eigenvalue weighted by atomic mass is 16.5. The Balaban J connectivity index is 2.64. The second-order valence-corrected chi connectivity index (χ2v) is 5.38. The van der Waals surface area contributed by atoms with Crippen molar-refractivity contribution in [3.63, 3.8) is 0 Å². The molecule has 0 heterocycles. The Labute approximate surface area is 141 Å². The third-order valence-corrected chi connectivity index (χ3v) is 3.64. The number of hydrogen-bond acceptors (Lipinski definition) is 4. The van der Waals surface area contributed by atoms with Crippen LogP contribution in [0.4, 0.5) is 0 Å². The summed E-state index contributed by atoms with van der Waals surface area (Å²) in [5.41, 5.74) is 0.323. The van der Waals surface area contributed by atoms with Gasteiger partial charge < -0.3 is 20.5 Å². The predicted molar refractivity (Wildman–Crippen MR) is 89.0 cm³/mol. The second kappa shape index (κ2) is 9.54. The molecule has 0 bridgehead atoms. The molecule has 0 unspecified atom stereocenters.